The van der Waals surface area contributed by atoms with Crippen LogP contribution in [0.1, 0.15) is 64.7 Å². The van der Waals surface area contributed by atoms with Crippen LogP contribution in [-0.4, -0.2) is 46.7 Å². The van der Waals surface area contributed by atoms with Crippen molar-refractivity contribution in [2.45, 2.75) is 76.9 Å². The van der Waals surface area contributed by atoms with Gasteiger partial charge in [-0.05, 0) is 44.9 Å². The molecule has 3 N–H and O–H groups in total. The lowest BCUT2D eigenvalue weighted by molar-refractivity contribution is -0.147. The Morgan fingerprint density at radius 3 is 2.37 bits per heavy atom. The van der Waals surface area contributed by atoms with Crippen molar-refractivity contribution < 1.29 is 24.9 Å². The molecule has 0 aromatic rings. The fourth-order valence-electron chi connectivity index (χ4n) is 2.42. The fourth-order valence-corrected chi connectivity index (χ4v) is 2.42. The predicted octanol–water partition coefficient (Wildman–Crippen LogP) is 4.56. The SMILES string of the molecule is CC/C=C\C/C=C\C/C=C\C=C/C(O)C/C=C\CCCCCC(=O)OCC(O)CO. The molecule has 5 nitrogen and oxygen atoms in total. The molecule has 0 spiro atoms. The van der Waals surface area contributed by atoms with Crippen LogP contribution in [0, 0.1) is 0 Å². The number of unbranched alkanes of at least 4 members (excludes halogenated alkanes) is 3. The Kier molecular flexibility index (Phi) is 20.3. The van der Waals surface area contributed by atoms with E-state index >= 15 is 0 Å². The molecule has 0 radical (unpaired) electrons. The summed E-state index contributed by atoms with van der Waals surface area (Å²) >= 11 is 0. The first kappa shape index (κ1) is 28.1. The van der Waals surface area contributed by atoms with Gasteiger partial charge in [0.1, 0.15) is 12.7 Å². The average molecular weight is 421 g/mol. The van der Waals surface area contributed by atoms with Crippen LogP contribution in [0.4, 0.5) is 0 Å². The number of esters is 1. The third-order valence-electron chi connectivity index (χ3n) is 4.14. The van der Waals surface area contributed by atoms with E-state index in [1.54, 1.807) is 6.08 Å². The van der Waals surface area contributed by atoms with Crippen LogP contribution < -0.4 is 0 Å². The van der Waals surface area contributed by atoms with E-state index in [1.165, 1.54) is 0 Å². The van der Waals surface area contributed by atoms with Crippen molar-refractivity contribution >= 4 is 5.97 Å². The molecule has 0 rings (SSSR count). The number of rotatable bonds is 18. The maximum atomic E-state index is 11.4. The van der Waals surface area contributed by atoms with Gasteiger partial charge in [0.2, 0.25) is 0 Å². The summed E-state index contributed by atoms with van der Waals surface area (Å²) in [4.78, 5) is 11.4. The van der Waals surface area contributed by atoms with Crippen molar-refractivity contribution in [1.29, 1.82) is 0 Å². The molecule has 0 aliphatic carbocycles. The van der Waals surface area contributed by atoms with Crippen molar-refractivity contribution in [1.82, 2.24) is 0 Å². The number of aliphatic hydroxyl groups excluding tert-OH is 3. The van der Waals surface area contributed by atoms with Gasteiger partial charge in [0.25, 0.3) is 0 Å². The highest BCUT2D eigenvalue weighted by molar-refractivity contribution is 5.69. The Morgan fingerprint density at radius 2 is 1.63 bits per heavy atom. The molecule has 170 valence electrons. The average Bonchev–Trinajstić information content (AvgIpc) is 2.75. The number of ether oxygens (including phenoxy) is 1. The van der Waals surface area contributed by atoms with Gasteiger partial charge < -0.3 is 20.1 Å². The number of aliphatic hydroxyl groups is 3. The summed E-state index contributed by atoms with van der Waals surface area (Å²) in [7, 11) is 0. The van der Waals surface area contributed by atoms with E-state index in [-0.39, 0.29) is 12.6 Å². The van der Waals surface area contributed by atoms with Crippen molar-refractivity contribution in [2.24, 2.45) is 0 Å². The van der Waals surface area contributed by atoms with Crippen LogP contribution >= 0.6 is 0 Å². The first-order chi connectivity index (χ1) is 14.6. The molecule has 0 heterocycles. The van der Waals surface area contributed by atoms with Gasteiger partial charge in [0.15, 0.2) is 0 Å². The summed E-state index contributed by atoms with van der Waals surface area (Å²) in [6, 6.07) is 0. The highest BCUT2D eigenvalue weighted by Crippen LogP contribution is 2.06. The van der Waals surface area contributed by atoms with Gasteiger partial charge >= 0.3 is 5.97 Å². The first-order valence-electron chi connectivity index (χ1n) is 11.0. The zero-order valence-corrected chi connectivity index (χ0v) is 18.4. The molecular weight excluding hydrogens is 380 g/mol. The van der Waals surface area contributed by atoms with Crippen LogP contribution in [0.3, 0.4) is 0 Å². The van der Waals surface area contributed by atoms with Gasteiger partial charge in [-0.1, -0.05) is 74.1 Å². The summed E-state index contributed by atoms with van der Waals surface area (Å²) in [5, 5.41) is 27.6. The molecule has 0 aromatic heterocycles. The molecule has 2 unspecified atom stereocenters. The van der Waals surface area contributed by atoms with Gasteiger partial charge in [-0.15, -0.1) is 0 Å². The first-order valence-corrected chi connectivity index (χ1v) is 11.0. The topological polar surface area (TPSA) is 87.0 Å². The van der Waals surface area contributed by atoms with Gasteiger partial charge in [-0.2, -0.15) is 0 Å². The molecule has 2 atom stereocenters. The van der Waals surface area contributed by atoms with Gasteiger partial charge in [0.05, 0.1) is 12.7 Å². The molecule has 0 aromatic carbocycles. The molecule has 0 saturated carbocycles. The van der Waals surface area contributed by atoms with Gasteiger partial charge in [-0.3, -0.25) is 4.79 Å². The van der Waals surface area contributed by atoms with Crippen LogP contribution in [0.2, 0.25) is 0 Å². The van der Waals surface area contributed by atoms with Crippen LogP contribution in [-0.2, 0) is 9.53 Å². The normalized spacial score (nSPS) is 14.7. The van der Waals surface area contributed by atoms with Crippen LogP contribution in [0.5, 0.6) is 0 Å². The minimum Gasteiger partial charge on any atom is -0.463 e. The minimum atomic E-state index is -1.000. The highest BCUT2D eigenvalue weighted by Gasteiger charge is 2.07. The smallest absolute Gasteiger partial charge is 0.305 e. The quantitative estimate of drug-likeness (QED) is 0.131. The Balaban J connectivity index is 3.64. The molecular formula is C25H40O5. The zero-order chi connectivity index (χ0) is 22.3. The summed E-state index contributed by atoms with van der Waals surface area (Å²) in [5.41, 5.74) is 0. The molecule has 0 fully saturated rings. The van der Waals surface area contributed by atoms with E-state index < -0.39 is 18.8 Å². The van der Waals surface area contributed by atoms with E-state index in [9.17, 15) is 9.90 Å². The number of carbonyl (C=O) groups excluding carboxylic acids is 1. The molecule has 0 bridgehead atoms. The van der Waals surface area contributed by atoms with E-state index in [0.29, 0.717) is 12.8 Å². The maximum Gasteiger partial charge on any atom is 0.305 e. The second kappa shape index (κ2) is 21.8. The number of hydrogen-bond acceptors (Lipinski definition) is 5. The summed E-state index contributed by atoms with van der Waals surface area (Å²) in [6.07, 6.45) is 26.2. The molecule has 0 aliphatic heterocycles. The van der Waals surface area contributed by atoms with Crippen molar-refractivity contribution in [3.05, 3.63) is 60.8 Å². The van der Waals surface area contributed by atoms with E-state index in [0.717, 1.165) is 44.9 Å². The Bertz CT molecular complexity index is 546. The summed E-state index contributed by atoms with van der Waals surface area (Å²) in [5.74, 6) is -0.345. The molecule has 0 saturated heterocycles. The lowest BCUT2D eigenvalue weighted by Gasteiger charge is -2.08. The Labute approximate surface area is 182 Å². The molecule has 0 amide bonds. The number of hydrogen-bond donors (Lipinski definition) is 3. The number of allylic oxidation sites excluding steroid dienone is 8. The van der Waals surface area contributed by atoms with E-state index in [2.05, 4.69) is 43.4 Å². The molecule has 5 heteroatoms. The maximum absolute atomic E-state index is 11.4. The van der Waals surface area contributed by atoms with Gasteiger partial charge in [-0.25, -0.2) is 0 Å². The largest absolute Gasteiger partial charge is 0.463 e. The van der Waals surface area contributed by atoms with Gasteiger partial charge in [0, 0.05) is 6.42 Å². The van der Waals surface area contributed by atoms with Crippen LogP contribution in [0.25, 0.3) is 0 Å². The predicted molar refractivity (Wildman–Crippen MR) is 123 cm³/mol. The van der Waals surface area contributed by atoms with Crippen molar-refractivity contribution in [2.75, 3.05) is 13.2 Å². The van der Waals surface area contributed by atoms with Crippen LogP contribution in [0.15, 0.2) is 60.8 Å². The molecule has 0 aliphatic rings. The third kappa shape index (κ3) is 20.8. The lowest BCUT2D eigenvalue weighted by Crippen LogP contribution is -2.21. The zero-order valence-electron chi connectivity index (χ0n) is 18.4. The highest BCUT2D eigenvalue weighted by atomic mass is 16.5. The molecule has 30 heavy (non-hydrogen) atoms. The minimum absolute atomic E-state index is 0.154. The van der Waals surface area contributed by atoms with E-state index in [1.807, 2.05) is 18.2 Å². The second-order valence-corrected chi connectivity index (χ2v) is 7.03. The van der Waals surface area contributed by atoms with Crippen molar-refractivity contribution in [3.8, 4) is 0 Å². The van der Waals surface area contributed by atoms with E-state index in [4.69, 9.17) is 14.9 Å². The summed E-state index contributed by atoms with van der Waals surface area (Å²) < 4.78 is 4.84. The summed E-state index contributed by atoms with van der Waals surface area (Å²) in [6.45, 7) is 1.56. The monoisotopic (exact) mass is 420 g/mol. The Hall–Kier alpha value is -1.95. The third-order valence-corrected chi connectivity index (χ3v) is 4.14. The number of carbonyl (C=O) groups is 1. The fraction of sp³-hybridized carbons (Fsp3) is 0.560. The lowest BCUT2D eigenvalue weighted by atomic mass is 10.1. The Morgan fingerprint density at radius 1 is 0.900 bits per heavy atom. The second-order valence-electron chi connectivity index (χ2n) is 7.03. The standard InChI is InChI=1S/C25H40O5/c1-2-3-4-5-6-7-8-9-12-15-18-23(27)19-16-13-10-11-14-17-20-25(29)30-22-24(28)21-26/h3-4,6-7,9,12-13,15-16,18,23-24,26-28H,2,5,8,10-11,14,17,19-22H2,1H3/b4-3-,7-6-,12-9-,16-13-,18-15-. The van der Waals surface area contributed by atoms with Crippen molar-refractivity contribution in [3.63, 3.8) is 0 Å².